The number of benzene rings is 1. The number of carbonyl (C=O) groups is 1. The molecule has 18 heavy (non-hydrogen) atoms. The van der Waals surface area contributed by atoms with E-state index in [-0.39, 0.29) is 5.78 Å². The monoisotopic (exact) mass is 370 g/mol. The van der Waals surface area contributed by atoms with Crippen molar-refractivity contribution >= 4 is 37.6 Å². The summed E-state index contributed by atoms with van der Waals surface area (Å²) in [5.74, 6) is 0.868. The van der Waals surface area contributed by atoms with Gasteiger partial charge in [-0.2, -0.15) is 0 Å². The van der Waals surface area contributed by atoms with Gasteiger partial charge in [-0.05, 0) is 25.1 Å². The van der Waals surface area contributed by atoms with Crippen LogP contribution in [0.2, 0.25) is 0 Å². The van der Waals surface area contributed by atoms with E-state index in [4.69, 9.17) is 0 Å². The predicted molar refractivity (Wildman–Crippen MR) is 77.8 cm³/mol. The van der Waals surface area contributed by atoms with Crippen LogP contribution in [0, 0.1) is 0 Å². The minimum atomic E-state index is 0.0651. The SMILES string of the molecule is CCn1ccnc1CC(=O)c1ccc(Br)cc1Br. The minimum absolute atomic E-state index is 0.0651. The summed E-state index contributed by atoms with van der Waals surface area (Å²) in [5, 5.41) is 0. The van der Waals surface area contributed by atoms with Crippen molar-refractivity contribution in [1.29, 1.82) is 0 Å². The Labute approximate surface area is 122 Å². The van der Waals surface area contributed by atoms with E-state index in [0.717, 1.165) is 21.3 Å². The Morgan fingerprint density at radius 2 is 2.17 bits per heavy atom. The number of carbonyl (C=O) groups excluding carboxylic acids is 1. The lowest BCUT2D eigenvalue weighted by molar-refractivity contribution is 0.0989. The lowest BCUT2D eigenvalue weighted by Crippen LogP contribution is -2.10. The van der Waals surface area contributed by atoms with Crippen LogP contribution in [0.3, 0.4) is 0 Å². The summed E-state index contributed by atoms with van der Waals surface area (Å²) in [4.78, 5) is 16.4. The van der Waals surface area contributed by atoms with Crippen LogP contribution in [-0.2, 0) is 13.0 Å². The molecule has 0 bridgehead atoms. The number of Topliss-reactive ketones (excluding diaryl/α,β-unsaturated/α-hetero) is 1. The van der Waals surface area contributed by atoms with Gasteiger partial charge in [0.05, 0.1) is 6.42 Å². The van der Waals surface area contributed by atoms with Crippen LogP contribution in [0.5, 0.6) is 0 Å². The number of rotatable bonds is 4. The number of imidazole rings is 1. The van der Waals surface area contributed by atoms with Gasteiger partial charge in [-0.3, -0.25) is 4.79 Å². The number of ketones is 1. The molecule has 0 aliphatic heterocycles. The van der Waals surface area contributed by atoms with Crippen LogP contribution in [0.15, 0.2) is 39.5 Å². The normalized spacial score (nSPS) is 10.6. The highest BCUT2D eigenvalue weighted by atomic mass is 79.9. The summed E-state index contributed by atoms with van der Waals surface area (Å²) in [6, 6.07) is 5.56. The van der Waals surface area contributed by atoms with Gasteiger partial charge < -0.3 is 4.57 Å². The first-order valence-electron chi connectivity index (χ1n) is 5.60. The van der Waals surface area contributed by atoms with Crippen LogP contribution in [0.25, 0.3) is 0 Å². The summed E-state index contributed by atoms with van der Waals surface area (Å²) in [6.45, 7) is 2.86. The standard InChI is InChI=1S/C13H12Br2N2O/c1-2-17-6-5-16-13(17)8-12(18)10-4-3-9(14)7-11(10)15/h3-7H,2,8H2,1H3. The predicted octanol–water partition coefficient (Wildman–Crippen LogP) is 3.85. The van der Waals surface area contributed by atoms with Crippen LogP contribution in [-0.4, -0.2) is 15.3 Å². The molecule has 0 amide bonds. The van der Waals surface area contributed by atoms with Gasteiger partial charge in [0.15, 0.2) is 5.78 Å². The molecular weight excluding hydrogens is 360 g/mol. The van der Waals surface area contributed by atoms with Gasteiger partial charge >= 0.3 is 0 Å². The lowest BCUT2D eigenvalue weighted by atomic mass is 10.1. The molecule has 0 saturated carbocycles. The Bertz CT molecular complexity index is 578. The number of hydrogen-bond donors (Lipinski definition) is 0. The maximum atomic E-state index is 12.2. The Hall–Kier alpha value is -0.940. The molecule has 0 atom stereocenters. The van der Waals surface area contributed by atoms with E-state index in [1.54, 1.807) is 6.20 Å². The molecule has 0 saturated heterocycles. The third-order valence-electron chi connectivity index (χ3n) is 2.69. The maximum absolute atomic E-state index is 12.2. The van der Waals surface area contributed by atoms with E-state index in [9.17, 15) is 4.79 Å². The zero-order chi connectivity index (χ0) is 13.1. The molecule has 0 aliphatic rings. The van der Waals surface area contributed by atoms with E-state index in [0.29, 0.717) is 12.0 Å². The summed E-state index contributed by atoms with van der Waals surface area (Å²) >= 11 is 6.78. The van der Waals surface area contributed by atoms with Crippen molar-refractivity contribution < 1.29 is 4.79 Å². The third-order valence-corrected chi connectivity index (χ3v) is 3.84. The summed E-state index contributed by atoms with van der Waals surface area (Å²) in [6.07, 6.45) is 3.93. The average molecular weight is 372 g/mol. The van der Waals surface area contributed by atoms with Gasteiger partial charge in [0.25, 0.3) is 0 Å². The fourth-order valence-electron chi connectivity index (χ4n) is 1.75. The minimum Gasteiger partial charge on any atom is -0.335 e. The number of nitrogens with zero attached hydrogens (tertiary/aromatic N) is 2. The molecule has 1 heterocycles. The van der Waals surface area contributed by atoms with Crippen molar-refractivity contribution in [1.82, 2.24) is 9.55 Å². The van der Waals surface area contributed by atoms with Crippen molar-refractivity contribution in [2.45, 2.75) is 19.9 Å². The molecule has 1 aromatic heterocycles. The molecule has 0 unspecified atom stereocenters. The molecule has 1 aromatic carbocycles. The van der Waals surface area contributed by atoms with Crippen molar-refractivity contribution in [2.75, 3.05) is 0 Å². The van der Waals surface area contributed by atoms with Crippen molar-refractivity contribution in [3.8, 4) is 0 Å². The first kappa shape index (κ1) is 13.5. The Kier molecular flexibility index (Phi) is 4.35. The van der Waals surface area contributed by atoms with E-state index in [1.807, 2.05) is 35.9 Å². The third kappa shape index (κ3) is 2.90. The summed E-state index contributed by atoms with van der Waals surface area (Å²) in [7, 11) is 0. The molecule has 5 heteroatoms. The fraction of sp³-hybridized carbons (Fsp3) is 0.231. The summed E-state index contributed by atoms with van der Waals surface area (Å²) in [5.41, 5.74) is 0.684. The highest BCUT2D eigenvalue weighted by Crippen LogP contribution is 2.23. The topological polar surface area (TPSA) is 34.9 Å². The van der Waals surface area contributed by atoms with Crippen molar-refractivity contribution in [3.63, 3.8) is 0 Å². The number of aryl methyl sites for hydroxylation is 1. The highest BCUT2D eigenvalue weighted by Gasteiger charge is 2.13. The molecule has 0 N–H and O–H groups in total. The Balaban J connectivity index is 2.22. The van der Waals surface area contributed by atoms with Crippen LogP contribution < -0.4 is 0 Å². The van der Waals surface area contributed by atoms with E-state index < -0.39 is 0 Å². The van der Waals surface area contributed by atoms with E-state index in [2.05, 4.69) is 36.8 Å². The number of hydrogen-bond acceptors (Lipinski definition) is 2. The molecule has 94 valence electrons. The number of aromatic nitrogens is 2. The smallest absolute Gasteiger partial charge is 0.171 e. The van der Waals surface area contributed by atoms with Gasteiger partial charge in [0.2, 0.25) is 0 Å². The Morgan fingerprint density at radius 1 is 1.39 bits per heavy atom. The van der Waals surface area contributed by atoms with Crippen LogP contribution in [0.4, 0.5) is 0 Å². The second-order valence-corrected chi connectivity index (χ2v) is 5.62. The van der Waals surface area contributed by atoms with Gasteiger partial charge in [-0.15, -0.1) is 0 Å². The van der Waals surface area contributed by atoms with E-state index in [1.165, 1.54) is 0 Å². The highest BCUT2D eigenvalue weighted by molar-refractivity contribution is 9.11. The molecular formula is C13H12Br2N2O. The first-order valence-corrected chi connectivity index (χ1v) is 7.18. The van der Waals surface area contributed by atoms with Gasteiger partial charge in [0.1, 0.15) is 5.82 Å². The van der Waals surface area contributed by atoms with Gasteiger partial charge in [0, 0.05) is 33.4 Å². The van der Waals surface area contributed by atoms with Crippen LogP contribution in [0.1, 0.15) is 23.1 Å². The van der Waals surface area contributed by atoms with Crippen molar-refractivity contribution in [3.05, 3.63) is 50.9 Å². The molecule has 0 spiro atoms. The zero-order valence-electron chi connectivity index (χ0n) is 9.86. The first-order chi connectivity index (χ1) is 8.61. The molecule has 2 rings (SSSR count). The molecule has 3 nitrogen and oxygen atoms in total. The van der Waals surface area contributed by atoms with Crippen LogP contribution >= 0.6 is 31.9 Å². The largest absolute Gasteiger partial charge is 0.335 e. The molecule has 2 aromatic rings. The van der Waals surface area contributed by atoms with Gasteiger partial charge in [-0.25, -0.2) is 4.98 Å². The van der Waals surface area contributed by atoms with Gasteiger partial charge in [-0.1, -0.05) is 31.9 Å². The maximum Gasteiger partial charge on any atom is 0.171 e. The number of halogens is 2. The van der Waals surface area contributed by atoms with E-state index >= 15 is 0 Å². The summed E-state index contributed by atoms with van der Waals surface area (Å²) < 4.78 is 3.72. The molecule has 0 radical (unpaired) electrons. The second-order valence-electron chi connectivity index (χ2n) is 3.85. The second kappa shape index (κ2) is 5.80. The average Bonchev–Trinajstić information content (AvgIpc) is 2.76. The molecule has 0 fully saturated rings. The fourth-order valence-corrected chi connectivity index (χ4v) is 3.02. The Morgan fingerprint density at radius 3 is 2.83 bits per heavy atom. The zero-order valence-corrected chi connectivity index (χ0v) is 13.0. The lowest BCUT2D eigenvalue weighted by Gasteiger charge is -2.06. The quantitative estimate of drug-likeness (QED) is 0.765. The molecule has 0 aliphatic carbocycles. The van der Waals surface area contributed by atoms with Crippen molar-refractivity contribution in [2.24, 2.45) is 0 Å².